The van der Waals surface area contributed by atoms with Crippen LogP contribution in [0.4, 0.5) is 5.13 Å². The average molecular weight is 375 g/mol. The van der Waals surface area contributed by atoms with Crippen LogP contribution in [0.15, 0.2) is 24.3 Å². The summed E-state index contributed by atoms with van der Waals surface area (Å²) in [5.41, 5.74) is 1.22. The van der Waals surface area contributed by atoms with Gasteiger partial charge in [-0.25, -0.2) is 4.98 Å². The molecule has 1 heterocycles. The second kappa shape index (κ2) is 7.86. The highest BCUT2D eigenvalue weighted by Crippen LogP contribution is 2.31. The largest absolute Gasteiger partial charge is 0.497 e. The van der Waals surface area contributed by atoms with Crippen LogP contribution in [0.2, 0.25) is 0 Å². The van der Waals surface area contributed by atoms with Crippen LogP contribution in [0, 0.1) is 12.3 Å². The Bertz CT molecular complexity index is 791. The average Bonchev–Trinajstić information content (AvgIpc) is 2.94. The van der Waals surface area contributed by atoms with Crippen LogP contribution in [0.25, 0.3) is 11.3 Å². The molecule has 0 saturated carbocycles. The van der Waals surface area contributed by atoms with Gasteiger partial charge < -0.3 is 15.4 Å². The van der Waals surface area contributed by atoms with E-state index < -0.39 is 11.5 Å². The highest BCUT2D eigenvalue weighted by atomic mass is 32.1. The smallest absolute Gasteiger partial charge is 0.248 e. The standard InChI is InChI=1S/C19H25N3O3S/c1-11(20-17(24)19(3,4)5)16(23)22-18-21-15(12(2)26-18)13-7-9-14(25-6)10-8-13/h7-11H,1-6H3,(H,20,24)(H,21,22,23). The SMILES string of the molecule is COc1ccc(-c2nc(NC(=O)C(C)NC(=O)C(C)(C)C)sc2C)cc1. The molecule has 1 aromatic carbocycles. The Labute approximate surface area is 158 Å². The fraction of sp³-hybridized carbons (Fsp3) is 0.421. The van der Waals surface area contributed by atoms with Crippen molar-refractivity contribution >= 4 is 28.3 Å². The van der Waals surface area contributed by atoms with Crippen LogP contribution in [-0.4, -0.2) is 29.9 Å². The van der Waals surface area contributed by atoms with Crippen molar-refractivity contribution in [1.82, 2.24) is 10.3 Å². The van der Waals surface area contributed by atoms with Crippen molar-refractivity contribution in [2.45, 2.75) is 40.7 Å². The zero-order chi connectivity index (χ0) is 19.5. The molecule has 0 spiro atoms. The molecule has 6 nitrogen and oxygen atoms in total. The number of benzene rings is 1. The normalized spacial score (nSPS) is 12.4. The van der Waals surface area contributed by atoms with Crippen molar-refractivity contribution < 1.29 is 14.3 Å². The maximum absolute atomic E-state index is 12.3. The first-order valence-corrected chi connectivity index (χ1v) is 9.17. The van der Waals surface area contributed by atoms with Gasteiger partial charge in [0.15, 0.2) is 5.13 Å². The van der Waals surface area contributed by atoms with Crippen molar-refractivity contribution in [3.63, 3.8) is 0 Å². The summed E-state index contributed by atoms with van der Waals surface area (Å²) in [6.45, 7) is 9.02. The zero-order valence-electron chi connectivity index (χ0n) is 16.0. The maximum atomic E-state index is 12.3. The number of carbonyl (C=O) groups is 2. The number of rotatable bonds is 5. The number of thiazole rings is 1. The summed E-state index contributed by atoms with van der Waals surface area (Å²) < 4.78 is 5.17. The van der Waals surface area contributed by atoms with Gasteiger partial charge in [0.1, 0.15) is 11.8 Å². The number of methoxy groups -OCH3 is 1. The van der Waals surface area contributed by atoms with E-state index in [4.69, 9.17) is 4.74 Å². The molecule has 2 rings (SSSR count). The van der Waals surface area contributed by atoms with E-state index in [9.17, 15) is 9.59 Å². The molecule has 0 bridgehead atoms. The fourth-order valence-electron chi connectivity index (χ4n) is 2.16. The van der Waals surface area contributed by atoms with Crippen molar-refractivity contribution in [2.75, 3.05) is 12.4 Å². The van der Waals surface area contributed by atoms with Crippen molar-refractivity contribution in [2.24, 2.45) is 5.41 Å². The van der Waals surface area contributed by atoms with E-state index in [1.807, 2.05) is 31.2 Å². The summed E-state index contributed by atoms with van der Waals surface area (Å²) in [7, 11) is 1.62. The number of hydrogen-bond donors (Lipinski definition) is 2. The van der Waals surface area contributed by atoms with Gasteiger partial charge in [0.05, 0.1) is 12.8 Å². The molecule has 2 aromatic rings. The summed E-state index contributed by atoms with van der Waals surface area (Å²) >= 11 is 1.40. The number of nitrogens with zero attached hydrogens (tertiary/aromatic N) is 1. The maximum Gasteiger partial charge on any atom is 0.248 e. The Morgan fingerprint density at radius 1 is 1.19 bits per heavy atom. The number of carbonyl (C=O) groups excluding carboxylic acids is 2. The van der Waals surface area contributed by atoms with Gasteiger partial charge in [-0.1, -0.05) is 20.8 Å². The van der Waals surface area contributed by atoms with E-state index >= 15 is 0 Å². The molecule has 7 heteroatoms. The third-order valence-corrected chi connectivity index (χ3v) is 4.70. The van der Waals surface area contributed by atoms with Gasteiger partial charge in [0.2, 0.25) is 11.8 Å². The molecule has 0 aliphatic heterocycles. The minimum atomic E-state index is -0.643. The van der Waals surface area contributed by atoms with Crippen molar-refractivity contribution in [3.8, 4) is 17.0 Å². The van der Waals surface area contributed by atoms with Crippen LogP contribution in [0.1, 0.15) is 32.6 Å². The van der Waals surface area contributed by atoms with Crippen LogP contribution >= 0.6 is 11.3 Å². The second-order valence-corrected chi connectivity index (χ2v) is 8.29. The molecule has 2 N–H and O–H groups in total. The number of aromatic nitrogens is 1. The number of amides is 2. The number of anilines is 1. The predicted octanol–water partition coefficient (Wildman–Crippen LogP) is 3.62. The Morgan fingerprint density at radius 3 is 2.35 bits per heavy atom. The number of hydrogen-bond acceptors (Lipinski definition) is 5. The van der Waals surface area contributed by atoms with E-state index in [1.165, 1.54) is 11.3 Å². The lowest BCUT2D eigenvalue weighted by Gasteiger charge is -2.21. The molecule has 0 aliphatic rings. The van der Waals surface area contributed by atoms with Gasteiger partial charge in [-0.3, -0.25) is 9.59 Å². The zero-order valence-corrected chi connectivity index (χ0v) is 16.8. The molecule has 1 atom stereocenters. The first-order valence-electron chi connectivity index (χ1n) is 8.35. The molecule has 1 aromatic heterocycles. The van der Waals surface area contributed by atoms with E-state index in [0.29, 0.717) is 5.13 Å². The molecule has 26 heavy (non-hydrogen) atoms. The lowest BCUT2D eigenvalue weighted by Crippen LogP contribution is -2.46. The van der Waals surface area contributed by atoms with E-state index in [0.717, 1.165) is 21.9 Å². The Kier molecular flexibility index (Phi) is 6.02. The molecule has 0 saturated heterocycles. The Balaban J connectivity index is 2.08. The topological polar surface area (TPSA) is 80.3 Å². The summed E-state index contributed by atoms with van der Waals surface area (Å²) in [6.07, 6.45) is 0. The van der Waals surface area contributed by atoms with Gasteiger partial charge in [-0.15, -0.1) is 11.3 Å². The van der Waals surface area contributed by atoms with Crippen molar-refractivity contribution in [1.29, 1.82) is 0 Å². The highest BCUT2D eigenvalue weighted by molar-refractivity contribution is 7.16. The van der Waals surface area contributed by atoms with Crippen LogP contribution < -0.4 is 15.4 Å². The van der Waals surface area contributed by atoms with Crippen LogP contribution in [-0.2, 0) is 9.59 Å². The van der Waals surface area contributed by atoms with E-state index in [2.05, 4.69) is 15.6 Å². The molecule has 1 unspecified atom stereocenters. The lowest BCUT2D eigenvalue weighted by molar-refractivity contribution is -0.131. The van der Waals surface area contributed by atoms with Gasteiger partial charge in [0.25, 0.3) is 0 Å². The lowest BCUT2D eigenvalue weighted by atomic mass is 9.95. The Morgan fingerprint density at radius 2 is 1.81 bits per heavy atom. The third kappa shape index (κ3) is 4.82. The summed E-state index contributed by atoms with van der Waals surface area (Å²) in [4.78, 5) is 29.9. The molecular weight excluding hydrogens is 350 g/mol. The highest BCUT2D eigenvalue weighted by Gasteiger charge is 2.25. The summed E-state index contributed by atoms with van der Waals surface area (Å²) in [5, 5.41) is 6.01. The van der Waals surface area contributed by atoms with E-state index in [1.54, 1.807) is 34.8 Å². The number of nitrogens with one attached hydrogen (secondary N) is 2. The van der Waals surface area contributed by atoms with E-state index in [-0.39, 0.29) is 11.8 Å². The number of aryl methyl sites for hydroxylation is 1. The molecular formula is C19H25N3O3S. The minimum Gasteiger partial charge on any atom is -0.497 e. The molecule has 140 valence electrons. The first kappa shape index (κ1) is 19.9. The summed E-state index contributed by atoms with van der Waals surface area (Å²) in [5.74, 6) is 0.311. The van der Waals surface area contributed by atoms with Crippen LogP contribution in [0.3, 0.4) is 0 Å². The molecule has 0 radical (unpaired) electrons. The minimum absolute atomic E-state index is 0.172. The predicted molar refractivity (Wildman–Crippen MR) is 105 cm³/mol. The third-order valence-electron chi connectivity index (χ3n) is 3.81. The summed E-state index contributed by atoms with van der Waals surface area (Å²) in [6, 6.07) is 6.96. The fourth-order valence-corrected chi connectivity index (χ4v) is 3.00. The van der Waals surface area contributed by atoms with Gasteiger partial charge in [-0.2, -0.15) is 0 Å². The first-order chi connectivity index (χ1) is 12.1. The second-order valence-electron chi connectivity index (χ2n) is 7.09. The monoisotopic (exact) mass is 375 g/mol. The quantitative estimate of drug-likeness (QED) is 0.836. The molecule has 0 aliphatic carbocycles. The Hall–Kier alpha value is -2.41. The molecule has 0 fully saturated rings. The van der Waals surface area contributed by atoms with Crippen molar-refractivity contribution in [3.05, 3.63) is 29.1 Å². The van der Waals surface area contributed by atoms with Gasteiger partial charge >= 0.3 is 0 Å². The molecule has 2 amide bonds. The van der Waals surface area contributed by atoms with Gasteiger partial charge in [0, 0.05) is 15.9 Å². The van der Waals surface area contributed by atoms with Gasteiger partial charge in [-0.05, 0) is 38.1 Å². The number of ether oxygens (including phenoxy) is 1. The van der Waals surface area contributed by atoms with Crippen LogP contribution in [0.5, 0.6) is 5.75 Å².